The summed E-state index contributed by atoms with van der Waals surface area (Å²) in [5.74, 6) is -0.0366. The number of hydrogen-bond acceptors (Lipinski definition) is 6. The summed E-state index contributed by atoms with van der Waals surface area (Å²) in [5, 5.41) is 11.5. The van der Waals surface area contributed by atoms with Crippen molar-refractivity contribution in [1.29, 1.82) is 0 Å². The topological polar surface area (TPSA) is 69.9 Å². The molecule has 4 aromatic rings. The van der Waals surface area contributed by atoms with Crippen LogP contribution in [-0.2, 0) is 22.5 Å². The van der Waals surface area contributed by atoms with Crippen LogP contribution in [0.5, 0.6) is 0 Å². The van der Waals surface area contributed by atoms with Crippen LogP contribution in [0.3, 0.4) is 0 Å². The molecule has 0 aliphatic rings. The molecule has 8 heteroatoms. The fourth-order valence-electron chi connectivity index (χ4n) is 3.73. The number of ether oxygens (including phenoxy) is 1. The number of carbonyl (C=O) groups excluding carboxylic acids is 1. The smallest absolute Gasteiger partial charge is 0.306 e. The van der Waals surface area contributed by atoms with E-state index in [0.717, 1.165) is 38.8 Å². The van der Waals surface area contributed by atoms with Crippen molar-refractivity contribution in [2.24, 2.45) is 7.05 Å². The molecule has 0 aliphatic carbocycles. The van der Waals surface area contributed by atoms with Gasteiger partial charge in [-0.15, -0.1) is 28.0 Å². The van der Waals surface area contributed by atoms with Gasteiger partial charge in [0.1, 0.15) is 5.52 Å². The Morgan fingerprint density at radius 1 is 1.38 bits per heavy atom. The van der Waals surface area contributed by atoms with Gasteiger partial charge in [0.25, 0.3) is 0 Å². The molecule has 6 nitrogen and oxygen atoms in total. The van der Waals surface area contributed by atoms with E-state index >= 15 is 0 Å². The summed E-state index contributed by atoms with van der Waals surface area (Å²) in [6.07, 6.45) is 2.04. The highest BCUT2D eigenvalue weighted by molar-refractivity contribution is 7.17. The third kappa shape index (κ3) is 3.60. The molecular formula is C21H21ClN4O2S. The van der Waals surface area contributed by atoms with E-state index in [1.807, 2.05) is 27.1 Å². The van der Waals surface area contributed by atoms with Crippen molar-refractivity contribution in [1.82, 2.24) is 20.0 Å². The van der Waals surface area contributed by atoms with Crippen LogP contribution in [0.4, 0.5) is 0 Å². The highest BCUT2D eigenvalue weighted by atomic mass is 35.5. The first-order chi connectivity index (χ1) is 14.0. The third-order valence-corrected chi connectivity index (χ3v) is 6.45. The first kappa shape index (κ1) is 19.8. The zero-order chi connectivity index (χ0) is 20.5. The zero-order valence-corrected chi connectivity index (χ0v) is 18.0. The highest BCUT2D eigenvalue weighted by Gasteiger charge is 2.24. The van der Waals surface area contributed by atoms with Crippen LogP contribution >= 0.6 is 22.9 Å². The lowest BCUT2D eigenvalue weighted by molar-refractivity contribution is -0.143. The number of hydrogen-bond donors (Lipinski definition) is 0. The minimum atomic E-state index is -0.242. The molecule has 0 radical (unpaired) electrons. The van der Waals surface area contributed by atoms with Gasteiger partial charge in [0.15, 0.2) is 5.65 Å². The average molecular weight is 429 g/mol. The number of alkyl halides is 1. The Labute approximate surface area is 177 Å². The summed E-state index contributed by atoms with van der Waals surface area (Å²) in [6, 6.07) is 6.31. The van der Waals surface area contributed by atoms with Crippen molar-refractivity contribution < 1.29 is 9.53 Å². The Balaban J connectivity index is 1.88. The standard InChI is InChI=1S/C21H21ClN4O2S/c1-4-28-18(27)9-16(14-7-13-5-6-29-20(13)15(8-14)10-22)17-11-23-21-19(12(17)2)24-25-26(21)3/h5-8,11,16H,4,9-10H2,1-3H3/t16-/m1/s1. The number of aromatic nitrogens is 4. The molecule has 29 heavy (non-hydrogen) atoms. The predicted molar refractivity (Wildman–Crippen MR) is 116 cm³/mol. The first-order valence-electron chi connectivity index (χ1n) is 9.40. The molecule has 0 saturated carbocycles. The van der Waals surface area contributed by atoms with Crippen molar-refractivity contribution in [2.75, 3.05) is 6.61 Å². The second-order valence-corrected chi connectivity index (χ2v) is 8.12. The van der Waals surface area contributed by atoms with Crippen LogP contribution in [0.25, 0.3) is 21.3 Å². The van der Waals surface area contributed by atoms with Gasteiger partial charge >= 0.3 is 5.97 Å². The van der Waals surface area contributed by atoms with Crippen molar-refractivity contribution in [3.05, 3.63) is 52.0 Å². The van der Waals surface area contributed by atoms with E-state index < -0.39 is 0 Å². The van der Waals surface area contributed by atoms with Gasteiger partial charge in [-0.1, -0.05) is 11.3 Å². The molecule has 0 saturated heterocycles. The molecule has 1 atom stereocenters. The van der Waals surface area contributed by atoms with Gasteiger partial charge in [-0.3, -0.25) is 4.79 Å². The van der Waals surface area contributed by atoms with Crippen LogP contribution in [0.1, 0.15) is 41.5 Å². The summed E-state index contributed by atoms with van der Waals surface area (Å²) < 4.78 is 8.09. The zero-order valence-electron chi connectivity index (χ0n) is 16.5. The Morgan fingerprint density at radius 3 is 2.97 bits per heavy atom. The lowest BCUT2D eigenvalue weighted by Gasteiger charge is -2.20. The van der Waals surface area contributed by atoms with E-state index in [9.17, 15) is 4.79 Å². The molecule has 0 bridgehead atoms. The SMILES string of the molecule is CCOC(=O)C[C@H](c1cc(CCl)c2sccc2c1)c1cnc2c(nnn2C)c1C. The summed E-state index contributed by atoms with van der Waals surface area (Å²) >= 11 is 7.91. The van der Waals surface area contributed by atoms with Crippen molar-refractivity contribution in [3.63, 3.8) is 0 Å². The average Bonchev–Trinajstić information content (AvgIpc) is 3.33. The predicted octanol–water partition coefficient (Wildman–Crippen LogP) is 4.71. The molecule has 1 aromatic carbocycles. The summed E-state index contributed by atoms with van der Waals surface area (Å²) in [7, 11) is 1.81. The van der Waals surface area contributed by atoms with Crippen LogP contribution in [0, 0.1) is 6.92 Å². The van der Waals surface area contributed by atoms with Gasteiger partial charge in [0.2, 0.25) is 0 Å². The van der Waals surface area contributed by atoms with E-state index in [1.54, 1.807) is 16.0 Å². The second kappa shape index (κ2) is 8.08. The Kier molecular flexibility index (Phi) is 5.52. The molecule has 3 heterocycles. The highest BCUT2D eigenvalue weighted by Crippen LogP contribution is 2.37. The lowest BCUT2D eigenvalue weighted by Crippen LogP contribution is -2.13. The van der Waals surface area contributed by atoms with E-state index in [2.05, 4.69) is 38.9 Å². The number of esters is 1. The number of nitrogens with zero attached hydrogens (tertiary/aromatic N) is 4. The number of pyridine rings is 1. The molecule has 0 fully saturated rings. The van der Waals surface area contributed by atoms with Crippen LogP contribution in [-0.4, -0.2) is 32.6 Å². The van der Waals surface area contributed by atoms with Gasteiger partial charge in [0.05, 0.1) is 13.0 Å². The van der Waals surface area contributed by atoms with Crippen molar-refractivity contribution >= 4 is 50.2 Å². The van der Waals surface area contributed by atoms with Gasteiger partial charge in [-0.25, -0.2) is 9.67 Å². The molecule has 0 unspecified atom stereocenters. The molecule has 3 aromatic heterocycles. The monoisotopic (exact) mass is 428 g/mol. The second-order valence-electron chi connectivity index (χ2n) is 6.94. The third-order valence-electron chi connectivity index (χ3n) is 5.16. The maximum atomic E-state index is 12.4. The fourth-order valence-corrected chi connectivity index (χ4v) is 4.92. The van der Waals surface area contributed by atoms with Crippen LogP contribution in [0.15, 0.2) is 29.8 Å². The summed E-state index contributed by atoms with van der Waals surface area (Å²) in [4.78, 5) is 17.0. The van der Waals surface area contributed by atoms with Gasteiger partial charge in [-0.2, -0.15) is 0 Å². The Bertz CT molecular complexity index is 1200. The number of aryl methyl sites for hydroxylation is 2. The number of benzene rings is 1. The first-order valence-corrected chi connectivity index (χ1v) is 10.8. The molecule has 0 amide bonds. The van der Waals surface area contributed by atoms with E-state index in [-0.39, 0.29) is 18.3 Å². The minimum Gasteiger partial charge on any atom is -0.466 e. The molecule has 0 aliphatic heterocycles. The van der Waals surface area contributed by atoms with Gasteiger partial charge in [-0.05, 0) is 59.0 Å². The molecule has 150 valence electrons. The van der Waals surface area contributed by atoms with Crippen molar-refractivity contribution in [3.8, 4) is 0 Å². The quantitative estimate of drug-likeness (QED) is 0.328. The van der Waals surface area contributed by atoms with Crippen LogP contribution < -0.4 is 0 Å². The fraction of sp³-hybridized carbons (Fsp3) is 0.333. The maximum Gasteiger partial charge on any atom is 0.306 e. The maximum absolute atomic E-state index is 12.4. The lowest BCUT2D eigenvalue weighted by atomic mass is 9.85. The van der Waals surface area contributed by atoms with Gasteiger partial charge < -0.3 is 4.74 Å². The summed E-state index contributed by atoms with van der Waals surface area (Å²) in [6.45, 7) is 4.16. The molecule has 0 spiro atoms. The largest absolute Gasteiger partial charge is 0.466 e. The number of fused-ring (bicyclic) bond motifs is 2. The Morgan fingerprint density at radius 2 is 2.21 bits per heavy atom. The normalized spacial score (nSPS) is 12.6. The number of thiophene rings is 1. The van der Waals surface area contributed by atoms with E-state index in [4.69, 9.17) is 16.3 Å². The number of rotatable bonds is 6. The number of carbonyl (C=O) groups is 1. The number of halogens is 1. The Hall–Kier alpha value is -2.51. The molecular weight excluding hydrogens is 408 g/mol. The minimum absolute atomic E-state index is 0.209. The molecule has 0 N–H and O–H groups in total. The van der Waals surface area contributed by atoms with Gasteiger partial charge in [0, 0.05) is 29.7 Å². The van der Waals surface area contributed by atoms with E-state index in [1.165, 1.54) is 4.70 Å². The van der Waals surface area contributed by atoms with E-state index in [0.29, 0.717) is 12.5 Å². The molecule has 4 rings (SSSR count). The van der Waals surface area contributed by atoms with Crippen molar-refractivity contribution in [2.45, 2.75) is 32.1 Å². The summed E-state index contributed by atoms with van der Waals surface area (Å²) in [5.41, 5.74) is 5.46. The van der Waals surface area contributed by atoms with Crippen LogP contribution in [0.2, 0.25) is 0 Å².